The number of rotatable bonds is 3. The highest BCUT2D eigenvalue weighted by atomic mass is 16.5. The highest BCUT2D eigenvalue weighted by Gasteiger charge is 2.31. The normalized spacial score (nSPS) is 26.5. The predicted molar refractivity (Wildman–Crippen MR) is 48.8 cm³/mol. The number of nitrogens with one attached hydrogen (secondary N) is 1. The molecule has 5 heteroatoms. The van der Waals surface area contributed by atoms with Gasteiger partial charge in [0, 0.05) is 12.3 Å². The SMILES string of the molecule is CC(C)C(=O)NC1COC(C(=O)O)C1. The van der Waals surface area contributed by atoms with E-state index in [0.29, 0.717) is 6.42 Å². The quantitative estimate of drug-likeness (QED) is 0.674. The van der Waals surface area contributed by atoms with Gasteiger partial charge in [0.05, 0.1) is 12.6 Å². The minimum absolute atomic E-state index is 0.0651. The second-order valence-corrected chi connectivity index (χ2v) is 3.76. The van der Waals surface area contributed by atoms with Gasteiger partial charge in [-0.3, -0.25) is 4.79 Å². The number of hydrogen-bond donors (Lipinski definition) is 2. The zero-order valence-electron chi connectivity index (χ0n) is 8.32. The van der Waals surface area contributed by atoms with E-state index in [-0.39, 0.29) is 24.5 Å². The number of carbonyl (C=O) groups is 2. The topological polar surface area (TPSA) is 75.6 Å². The number of amides is 1. The van der Waals surface area contributed by atoms with Crippen LogP contribution >= 0.6 is 0 Å². The van der Waals surface area contributed by atoms with Gasteiger partial charge in [-0.15, -0.1) is 0 Å². The zero-order valence-corrected chi connectivity index (χ0v) is 8.32. The third-order valence-electron chi connectivity index (χ3n) is 2.14. The van der Waals surface area contributed by atoms with Gasteiger partial charge in [-0.05, 0) is 0 Å². The first-order valence-electron chi connectivity index (χ1n) is 4.65. The van der Waals surface area contributed by atoms with Gasteiger partial charge in [-0.2, -0.15) is 0 Å². The fourth-order valence-corrected chi connectivity index (χ4v) is 1.27. The molecular weight excluding hydrogens is 186 g/mol. The lowest BCUT2D eigenvalue weighted by molar-refractivity contribution is -0.147. The van der Waals surface area contributed by atoms with Gasteiger partial charge in [0.1, 0.15) is 0 Å². The lowest BCUT2D eigenvalue weighted by Crippen LogP contribution is -2.38. The van der Waals surface area contributed by atoms with E-state index in [1.54, 1.807) is 13.8 Å². The van der Waals surface area contributed by atoms with E-state index < -0.39 is 12.1 Å². The molecule has 1 rings (SSSR count). The van der Waals surface area contributed by atoms with Crippen LogP contribution in [0.1, 0.15) is 20.3 Å². The summed E-state index contributed by atoms with van der Waals surface area (Å²) in [4.78, 5) is 21.8. The van der Waals surface area contributed by atoms with Crippen molar-refractivity contribution in [1.82, 2.24) is 5.32 Å². The molecule has 0 bridgehead atoms. The summed E-state index contributed by atoms with van der Waals surface area (Å²) in [5, 5.41) is 11.4. The van der Waals surface area contributed by atoms with Gasteiger partial charge in [0.2, 0.25) is 5.91 Å². The van der Waals surface area contributed by atoms with Crippen LogP contribution in [0.5, 0.6) is 0 Å². The minimum Gasteiger partial charge on any atom is -0.479 e. The van der Waals surface area contributed by atoms with Gasteiger partial charge >= 0.3 is 5.97 Å². The first kappa shape index (κ1) is 11.0. The number of carbonyl (C=O) groups excluding carboxylic acids is 1. The smallest absolute Gasteiger partial charge is 0.332 e. The predicted octanol–water partition coefficient (Wildman–Crippen LogP) is 0.000700. The lowest BCUT2D eigenvalue weighted by Gasteiger charge is -2.12. The molecule has 2 atom stereocenters. The molecule has 0 spiro atoms. The molecule has 1 heterocycles. The fraction of sp³-hybridized carbons (Fsp3) is 0.778. The Kier molecular flexibility index (Phi) is 3.46. The Balaban J connectivity index is 2.36. The lowest BCUT2D eigenvalue weighted by atomic mass is 10.1. The Morgan fingerprint density at radius 3 is 2.57 bits per heavy atom. The summed E-state index contributed by atoms with van der Waals surface area (Å²) in [6, 6.07) is -0.161. The average molecular weight is 201 g/mol. The van der Waals surface area contributed by atoms with Crippen LogP contribution in [-0.2, 0) is 14.3 Å². The molecule has 0 saturated carbocycles. The number of carboxylic acid groups (broad SMARTS) is 1. The molecule has 0 aromatic carbocycles. The summed E-state index contributed by atoms with van der Waals surface area (Å²) in [5.74, 6) is -1.12. The maximum atomic E-state index is 11.3. The molecular formula is C9H15NO4. The van der Waals surface area contributed by atoms with Crippen LogP contribution in [0, 0.1) is 5.92 Å². The molecule has 0 radical (unpaired) electrons. The molecule has 5 nitrogen and oxygen atoms in total. The minimum atomic E-state index is -0.966. The highest BCUT2D eigenvalue weighted by Crippen LogP contribution is 2.13. The Morgan fingerprint density at radius 2 is 2.14 bits per heavy atom. The summed E-state index contributed by atoms with van der Waals surface area (Å²) in [5.41, 5.74) is 0. The third-order valence-corrected chi connectivity index (χ3v) is 2.14. The largest absolute Gasteiger partial charge is 0.479 e. The van der Waals surface area contributed by atoms with E-state index >= 15 is 0 Å². The van der Waals surface area contributed by atoms with E-state index in [1.807, 2.05) is 0 Å². The van der Waals surface area contributed by atoms with E-state index in [2.05, 4.69) is 5.32 Å². The molecule has 2 unspecified atom stereocenters. The van der Waals surface area contributed by atoms with Crippen molar-refractivity contribution in [2.24, 2.45) is 5.92 Å². The van der Waals surface area contributed by atoms with Crippen LogP contribution in [-0.4, -0.2) is 35.7 Å². The van der Waals surface area contributed by atoms with Crippen LogP contribution < -0.4 is 5.32 Å². The van der Waals surface area contributed by atoms with E-state index in [4.69, 9.17) is 9.84 Å². The first-order valence-corrected chi connectivity index (χ1v) is 4.65. The average Bonchev–Trinajstić information content (AvgIpc) is 2.52. The third kappa shape index (κ3) is 2.70. The summed E-state index contributed by atoms with van der Waals surface area (Å²) in [6.07, 6.45) is -0.416. The van der Waals surface area contributed by atoms with Crippen molar-refractivity contribution in [2.75, 3.05) is 6.61 Å². The maximum absolute atomic E-state index is 11.3. The molecule has 0 aromatic rings. The van der Waals surface area contributed by atoms with Crippen LogP contribution in [0.4, 0.5) is 0 Å². The monoisotopic (exact) mass is 201 g/mol. The van der Waals surface area contributed by atoms with E-state index in [0.717, 1.165) is 0 Å². The van der Waals surface area contributed by atoms with Gasteiger partial charge < -0.3 is 15.2 Å². The fourth-order valence-electron chi connectivity index (χ4n) is 1.27. The molecule has 80 valence electrons. The Morgan fingerprint density at radius 1 is 1.50 bits per heavy atom. The van der Waals surface area contributed by atoms with Gasteiger partial charge in [-0.25, -0.2) is 4.79 Å². The first-order chi connectivity index (χ1) is 6.50. The molecule has 1 fully saturated rings. The number of hydrogen-bond acceptors (Lipinski definition) is 3. The molecule has 0 aromatic heterocycles. The van der Waals surface area contributed by atoms with Gasteiger partial charge in [0.15, 0.2) is 6.10 Å². The number of ether oxygens (including phenoxy) is 1. The molecule has 1 saturated heterocycles. The molecule has 2 N–H and O–H groups in total. The van der Waals surface area contributed by atoms with Gasteiger partial charge in [0.25, 0.3) is 0 Å². The van der Waals surface area contributed by atoms with Gasteiger partial charge in [-0.1, -0.05) is 13.8 Å². The summed E-state index contributed by atoms with van der Waals surface area (Å²) in [7, 11) is 0. The standard InChI is InChI=1S/C9H15NO4/c1-5(2)8(11)10-6-3-7(9(12)13)14-4-6/h5-7H,3-4H2,1-2H3,(H,10,11)(H,12,13). The number of aliphatic carboxylic acids is 1. The van der Waals surface area contributed by atoms with Crippen LogP contribution in [0.15, 0.2) is 0 Å². The molecule has 14 heavy (non-hydrogen) atoms. The van der Waals surface area contributed by atoms with Crippen molar-refractivity contribution in [3.63, 3.8) is 0 Å². The zero-order chi connectivity index (χ0) is 10.7. The van der Waals surface area contributed by atoms with Crippen molar-refractivity contribution in [2.45, 2.75) is 32.4 Å². The highest BCUT2D eigenvalue weighted by molar-refractivity contribution is 5.78. The van der Waals surface area contributed by atoms with Crippen LogP contribution in [0.3, 0.4) is 0 Å². The summed E-state index contributed by atoms with van der Waals surface area (Å²) < 4.78 is 4.99. The Bertz CT molecular complexity index is 239. The molecule has 0 aliphatic carbocycles. The maximum Gasteiger partial charge on any atom is 0.332 e. The molecule has 1 aliphatic heterocycles. The molecule has 1 aliphatic rings. The van der Waals surface area contributed by atoms with E-state index in [9.17, 15) is 9.59 Å². The van der Waals surface area contributed by atoms with Crippen LogP contribution in [0.2, 0.25) is 0 Å². The second kappa shape index (κ2) is 4.41. The Labute approximate surface area is 82.4 Å². The Hall–Kier alpha value is -1.10. The van der Waals surface area contributed by atoms with Crippen molar-refractivity contribution in [3.05, 3.63) is 0 Å². The second-order valence-electron chi connectivity index (χ2n) is 3.76. The van der Waals surface area contributed by atoms with Crippen molar-refractivity contribution < 1.29 is 19.4 Å². The number of carboxylic acids is 1. The van der Waals surface area contributed by atoms with Crippen molar-refractivity contribution in [1.29, 1.82) is 0 Å². The van der Waals surface area contributed by atoms with Crippen LogP contribution in [0.25, 0.3) is 0 Å². The molecule has 1 amide bonds. The van der Waals surface area contributed by atoms with Crippen molar-refractivity contribution >= 4 is 11.9 Å². The van der Waals surface area contributed by atoms with Crippen molar-refractivity contribution in [3.8, 4) is 0 Å². The van der Waals surface area contributed by atoms with E-state index in [1.165, 1.54) is 0 Å². The summed E-state index contributed by atoms with van der Waals surface area (Å²) in [6.45, 7) is 3.87. The summed E-state index contributed by atoms with van der Waals surface area (Å²) >= 11 is 0.